The van der Waals surface area contributed by atoms with Crippen LogP contribution >= 0.6 is 0 Å². The van der Waals surface area contributed by atoms with Gasteiger partial charge in [-0.05, 0) is 12.1 Å². The first-order valence-corrected chi connectivity index (χ1v) is 4.40. The molecular formula is C10H9NO4. The Morgan fingerprint density at radius 2 is 2.33 bits per heavy atom. The topological polar surface area (TPSA) is 64.6 Å². The molecule has 0 aliphatic carbocycles. The molecule has 1 amide bonds. The highest BCUT2D eigenvalue weighted by Crippen LogP contribution is 2.32. The van der Waals surface area contributed by atoms with Crippen molar-refractivity contribution in [3.8, 4) is 5.75 Å². The number of anilines is 1. The average Bonchev–Trinajstić information content (AvgIpc) is 2.64. The Labute approximate surface area is 85.9 Å². The number of rotatable bonds is 2. The Morgan fingerprint density at radius 1 is 1.53 bits per heavy atom. The summed E-state index contributed by atoms with van der Waals surface area (Å²) in [5, 5.41) is 2.57. The molecule has 0 saturated carbocycles. The second kappa shape index (κ2) is 3.70. The van der Waals surface area contributed by atoms with E-state index in [9.17, 15) is 9.59 Å². The van der Waals surface area contributed by atoms with E-state index in [1.165, 1.54) is 6.92 Å². The Hall–Kier alpha value is -1.88. The van der Waals surface area contributed by atoms with E-state index >= 15 is 0 Å². The van der Waals surface area contributed by atoms with Crippen molar-refractivity contribution in [2.45, 2.75) is 13.5 Å². The molecule has 0 fully saturated rings. The van der Waals surface area contributed by atoms with Gasteiger partial charge in [0.2, 0.25) is 5.91 Å². The Morgan fingerprint density at radius 3 is 3.00 bits per heavy atom. The summed E-state index contributed by atoms with van der Waals surface area (Å²) in [6, 6.07) is 3.26. The van der Waals surface area contributed by atoms with E-state index in [-0.39, 0.29) is 12.5 Å². The van der Waals surface area contributed by atoms with Crippen LogP contribution in [0.4, 0.5) is 5.69 Å². The second-order valence-electron chi connectivity index (χ2n) is 3.15. The van der Waals surface area contributed by atoms with Crippen LogP contribution in [0.3, 0.4) is 0 Å². The first-order valence-electron chi connectivity index (χ1n) is 4.40. The van der Waals surface area contributed by atoms with Crippen LogP contribution in [0.5, 0.6) is 5.75 Å². The van der Waals surface area contributed by atoms with Crippen molar-refractivity contribution in [3.63, 3.8) is 0 Å². The van der Waals surface area contributed by atoms with Crippen LogP contribution in [0, 0.1) is 0 Å². The van der Waals surface area contributed by atoms with E-state index in [0.717, 1.165) is 0 Å². The minimum atomic E-state index is -0.224. The molecule has 0 atom stereocenters. The van der Waals surface area contributed by atoms with E-state index < -0.39 is 0 Å². The zero-order valence-corrected chi connectivity index (χ0v) is 8.07. The average molecular weight is 207 g/mol. The van der Waals surface area contributed by atoms with Crippen molar-refractivity contribution in [1.82, 2.24) is 0 Å². The summed E-state index contributed by atoms with van der Waals surface area (Å²) in [5.74, 6) is 0.295. The quantitative estimate of drug-likeness (QED) is 0.586. The minimum absolute atomic E-state index is 0.219. The zero-order valence-electron chi connectivity index (χ0n) is 8.07. The first-order chi connectivity index (χ1) is 7.22. The summed E-state index contributed by atoms with van der Waals surface area (Å²) in [7, 11) is 0. The van der Waals surface area contributed by atoms with Gasteiger partial charge >= 0.3 is 0 Å². The van der Waals surface area contributed by atoms with Crippen molar-refractivity contribution in [2.75, 3.05) is 5.32 Å². The van der Waals surface area contributed by atoms with Gasteiger partial charge < -0.3 is 10.2 Å². The van der Waals surface area contributed by atoms with Crippen LogP contribution in [0.2, 0.25) is 0 Å². The highest BCUT2D eigenvalue weighted by molar-refractivity contribution is 5.96. The molecule has 1 aromatic rings. The van der Waals surface area contributed by atoms with E-state index in [2.05, 4.69) is 5.32 Å². The number of hydrogen-bond acceptors (Lipinski definition) is 4. The zero-order chi connectivity index (χ0) is 10.8. The van der Waals surface area contributed by atoms with Crippen molar-refractivity contribution in [3.05, 3.63) is 23.3 Å². The number of aldehydes is 1. The molecule has 5 heteroatoms. The smallest absolute Gasteiger partial charge is 0.221 e. The Kier molecular flexibility index (Phi) is 2.39. The molecule has 78 valence electrons. The predicted molar refractivity (Wildman–Crippen MR) is 51.6 cm³/mol. The number of nitrogens with one attached hydrogen (secondary N) is 1. The van der Waals surface area contributed by atoms with Gasteiger partial charge in [0.1, 0.15) is 6.61 Å². The SMILES string of the molecule is CC(=O)Nc1ccc2c(c1C=O)COO2. The number of fused-ring (bicyclic) bond motifs is 1. The summed E-state index contributed by atoms with van der Waals surface area (Å²) in [4.78, 5) is 31.4. The Bertz CT molecular complexity index is 428. The predicted octanol–water partition coefficient (Wildman–Crippen LogP) is 1.28. The maximum Gasteiger partial charge on any atom is 0.221 e. The van der Waals surface area contributed by atoms with Crippen molar-refractivity contribution in [2.24, 2.45) is 0 Å². The lowest BCUT2D eigenvalue weighted by atomic mass is 10.1. The van der Waals surface area contributed by atoms with Crippen LogP contribution < -0.4 is 10.2 Å². The second-order valence-corrected chi connectivity index (χ2v) is 3.15. The highest BCUT2D eigenvalue weighted by atomic mass is 17.2. The fourth-order valence-electron chi connectivity index (χ4n) is 1.46. The standard InChI is InChI=1S/C10H9NO4/c1-6(13)11-9-2-3-10-8(5-14-15-10)7(9)4-12/h2-4H,5H2,1H3,(H,11,13). The van der Waals surface area contributed by atoms with E-state index in [4.69, 9.17) is 9.78 Å². The van der Waals surface area contributed by atoms with E-state index in [0.29, 0.717) is 28.8 Å². The van der Waals surface area contributed by atoms with Crippen molar-refractivity contribution >= 4 is 17.9 Å². The molecule has 1 aliphatic heterocycles. The third-order valence-electron chi connectivity index (χ3n) is 2.09. The third-order valence-corrected chi connectivity index (χ3v) is 2.09. The lowest BCUT2D eigenvalue weighted by Gasteiger charge is -2.07. The molecule has 0 unspecified atom stereocenters. The molecule has 0 bridgehead atoms. The van der Waals surface area contributed by atoms with Crippen LogP contribution in [-0.2, 0) is 16.3 Å². The monoisotopic (exact) mass is 207 g/mol. The fourth-order valence-corrected chi connectivity index (χ4v) is 1.46. The van der Waals surface area contributed by atoms with Gasteiger partial charge in [0.15, 0.2) is 12.0 Å². The number of carbonyl (C=O) groups is 2. The normalized spacial score (nSPS) is 12.9. The molecule has 0 radical (unpaired) electrons. The van der Waals surface area contributed by atoms with Gasteiger partial charge in [-0.1, -0.05) is 0 Å². The van der Waals surface area contributed by atoms with Gasteiger partial charge in [-0.3, -0.25) is 9.59 Å². The van der Waals surface area contributed by atoms with Crippen LogP contribution in [0.25, 0.3) is 0 Å². The van der Waals surface area contributed by atoms with Crippen molar-refractivity contribution in [1.29, 1.82) is 0 Å². The molecular weight excluding hydrogens is 198 g/mol. The lowest BCUT2D eigenvalue weighted by molar-refractivity contribution is -0.194. The van der Waals surface area contributed by atoms with Gasteiger partial charge in [-0.15, -0.1) is 0 Å². The third kappa shape index (κ3) is 1.69. The Balaban J connectivity index is 2.47. The summed E-state index contributed by atoms with van der Waals surface area (Å²) in [6.07, 6.45) is 0.683. The molecule has 1 N–H and O–H groups in total. The molecule has 5 nitrogen and oxygen atoms in total. The molecule has 15 heavy (non-hydrogen) atoms. The molecule has 2 rings (SSSR count). The van der Waals surface area contributed by atoms with E-state index in [1.807, 2.05) is 0 Å². The van der Waals surface area contributed by atoms with Crippen LogP contribution in [0.15, 0.2) is 12.1 Å². The minimum Gasteiger partial charge on any atom is -0.337 e. The van der Waals surface area contributed by atoms with Gasteiger partial charge in [-0.25, -0.2) is 0 Å². The lowest BCUT2D eigenvalue weighted by Crippen LogP contribution is -2.08. The number of hydrogen-bond donors (Lipinski definition) is 1. The number of benzene rings is 1. The number of carbonyl (C=O) groups excluding carboxylic acids is 2. The maximum absolute atomic E-state index is 10.9. The van der Waals surface area contributed by atoms with Gasteiger partial charge in [-0.2, -0.15) is 4.89 Å². The van der Waals surface area contributed by atoms with Crippen LogP contribution in [0.1, 0.15) is 22.8 Å². The van der Waals surface area contributed by atoms with Gasteiger partial charge in [0, 0.05) is 18.1 Å². The summed E-state index contributed by atoms with van der Waals surface area (Å²) >= 11 is 0. The molecule has 1 aromatic carbocycles. The molecule has 1 aliphatic rings. The van der Waals surface area contributed by atoms with Crippen LogP contribution in [-0.4, -0.2) is 12.2 Å². The molecule has 0 saturated heterocycles. The van der Waals surface area contributed by atoms with Crippen molar-refractivity contribution < 1.29 is 19.4 Å². The first kappa shape index (κ1) is 9.67. The largest absolute Gasteiger partial charge is 0.337 e. The molecule has 0 aromatic heterocycles. The molecule has 0 spiro atoms. The maximum atomic E-state index is 10.9. The highest BCUT2D eigenvalue weighted by Gasteiger charge is 2.20. The van der Waals surface area contributed by atoms with Gasteiger partial charge in [0.25, 0.3) is 0 Å². The van der Waals surface area contributed by atoms with Gasteiger partial charge in [0.05, 0.1) is 5.69 Å². The summed E-state index contributed by atoms with van der Waals surface area (Å²) in [5.41, 5.74) is 1.54. The summed E-state index contributed by atoms with van der Waals surface area (Å²) in [6.45, 7) is 1.60. The summed E-state index contributed by atoms with van der Waals surface area (Å²) < 4.78 is 0. The molecule has 1 heterocycles. The fraction of sp³-hybridized carbons (Fsp3) is 0.200. The van der Waals surface area contributed by atoms with E-state index in [1.54, 1.807) is 12.1 Å². The number of amides is 1.